The molecule has 0 aliphatic heterocycles. The first-order valence-electron chi connectivity index (χ1n) is 10.4. The largest absolute Gasteiger partial charge is 0.348 e. The first-order valence-corrected chi connectivity index (χ1v) is 10.8. The summed E-state index contributed by atoms with van der Waals surface area (Å²) in [6.07, 6.45) is 4.40. The number of halogens is 1. The van der Waals surface area contributed by atoms with Crippen LogP contribution in [0.3, 0.4) is 0 Å². The summed E-state index contributed by atoms with van der Waals surface area (Å²) in [5, 5.41) is 10.2. The maximum atomic E-state index is 12.7. The SMILES string of the molecule is CC(N[C@@H]1CCCC[C@H]1NC(=O)c1ccc(Cl)cc1)c1cccc2ccccc12. The molecule has 1 unspecified atom stereocenters. The van der Waals surface area contributed by atoms with E-state index in [9.17, 15) is 4.79 Å². The van der Waals surface area contributed by atoms with Crippen molar-refractivity contribution in [2.75, 3.05) is 0 Å². The molecule has 1 aliphatic rings. The van der Waals surface area contributed by atoms with Crippen LogP contribution >= 0.6 is 11.6 Å². The fraction of sp³-hybridized carbons (Fsp3) is 0.320. The number of nitrogens with one attached hydrogen (secondary N) is 2. The predicted molar refractivity (Wildman–Crippen MR) is 120 cm³/mol. The van der Waals surface area contributed by atoms with Crippen LogP contribution in [0.2, 0.25) is 5.02 Å². The van der Waals surface area contributed by atoms with Crippen molar-refractivity contribution in [3.63, 3.8) is 0 Å². The Bertz CT molecular complexity index is 980. The molecular formula is C25H27ClN2O. The van der Waals surface area contributed by atoms with Crippen LogP contribution in [-0.4, -0.2) is 18.0 Å². The summed E-state index contributed by atoms with van der Waals surface area (Å²) in [4.78, 5) is 12.7. The molecule has 29 heavy (non-hydrogen) atoms. The lowest BCUT2D eigenvalue weighted by Gasteiger charge is -2.35. The second-order valence-electron chi connectivity index (χ2n) is 7.93. The average molecular weight is 407 g/mol. The van der Waals surface area contributed by atoms with Gasteiger partial charge in [-0.25, -0.2) is 0 Å². The number of hydrogen-bond donors (Lipinski definition) is 2. The van der Waals surface area contributed by atoms with Crippen molar-refractivity contribution in [1.29, 1.82) is 0 Å². The third kappa shape index (κ3) is 4.63. The second-order valence-corrected chi connectivity index (χ2v) is 8.37. The smallest absolute Gasteiger partial charge is 0.251 e. The fourth-order valence-electron chi connectivity index (χ4n) is 4.40. The molecule has 0 bridgehead atoms. The Morgan fingerprint density at radius 3 is 2.41 bits per heavy atom. The molecule has 0 radical (unpaired) electrons. The van der Waals surface area contributed by atoms with Crippen LogP contribution < -0.4 is 10.6 Å². The number of carbonyl (C=O) groups is 1. The van der Waals surface area contributed by atoms with Crippen molar-refractivity contribution in [2.45, 2.75) is 50.7 Å². The van der Waals surface area contributed by atoms with Crippen molar-refractivity contribution in [1.82, 2.24) is 10.6 Å². The summed E-state index contributed by atoms with van der Waals surface area (Å²) in [6.45, 7) is 2.22. The van der Waals surface area contributed by atoms with Crippen molar-refractivity contribution in [3.8, 4) is 0 Å². The molecule has 3 aromatic rings. The standard InChI is InChI=1S/C25H27ClN2O/c1-17(21-10-6-8-18-7-2-3-9-22(18)21)27-23-11-4-5-12-24(23)28-25(29)19-13-15-20(26)16-14-19/h2-3,6-10,13-17,23-24,27H,4-5,11-12H2,1H3,(H,28,29)/t17?,23-,24-/m1/s1. The van der Waals surface area contributed by atoms with Crippen LogP contribution in [0.5, 0.6) is 0 Å². The van der Waals surface area contributed by atoms with Crippen molar-refractivity contribution < 1.29 is 4.79 Å². The Morgan fingerprint density at radius 1 is 0.931 bits per heavy atom. The van der Waals surface area contributed by atoms with Gasteiger partial charge in [0, 0.05) is 28.7 Å². The third-order valence-electron chi connectivity index (χ3n) is 5.94. The molecule has 1 aliphatic carbocycles. The van der Waals surface area contributed by atoms with Crippen LogP contribution in [-0.2, 0) is 0 Å². The summed E-state index contributed by atoms with van der Waals surface area (Å²) in [5.74, 6) is -0.0295. The lowest BCUT2D eigenvalue weighted by molar-refractivity contribution is 0.0913. The van der Waals surface area contributed by atoms with Crippen molar-refractivity contribution in [3.05, 3.63) is 82.9 Å². The number of benzene rings is 3. The highest BCUT2D eigenvalue weighted by Crippen LogP contribution is 2.27. The molecule has 3 atom stereocenters. The van der Waals surface area contributed by atoms with Crippen molar-refractivity contribution in [2.24, 2.45) is 0 Å². The summed E-state index contributed by atoms with van der Waals surface area (Å²) < 4.78 is 0. The Kier molecular flexibility index (Phi) is 6.17. The normalized spacial score (nSPS) is 20.3. The maximum absolute atomic E-state index is 12.7. The van der Waals surface area contributed by atoms with E-state index in [4.69, 9.17) is 11.6 Å². The second kappa shape index (κ2) is 8.98. The molecule has 0 aromatic heterocycles. The van der Waals surface area contributed by atoms with E-state index in [1.807, 2.05) is 0 Å². The highest BCUT2D eigenvalue weighted by Gasteiger charge is 2.28. The molecule has 0 spiro atoms. The molecule has 0 saturated heterocycles. The molecule has 150 valence electrons. The number of amides is 1. The molecular weight excluding hydrogens is 380 g/mol. The van der Waals surface area contributed by atoms with Gasteiger partial charge in [0.2, 0.25) is 0 Å². The molecule has 3 aromatic carbocycles. The van der Waals surface area contributed by atoms with Crippen LogP contribution in [0.4, 0.5) is 0 Å². The lowest BCUT2D eigenvalue weighted by atomic mass is 9.88. The van der Waals surface area contributed by atoms with Crippen LogP contribution in [0, 0.1) is 0 Å². The Hall–Kier alpha value is -2.36. The minimum absolute atomic E-state index is 0.0295. The van der Waals surface area contributed by atoms with E-state index in [-0.39, 0.29) is 24.0 Å². The van der Waals surface area contributed by atoms with Crippen LogP contribution in [0.25, 0.3) is 10.8 Å². The monoisotopic (exact) mass is 406 g/mol. The Morgan fingerprint density at radius 2 is 1.62 bits per heavy atom. The zero-order valence-electron chi connectivity index (χ0n) is 16.7. The molecule has 4 rings (SSSR count). The average Bonchev–Trinajstić information content (AvgIpc) is 2.75. The molecule has 2 N–H and O–H groups in total. The van der Waals surface area contributed by atoms with E-state index in [1.165, 1.54) is 22.8 Å². The first kappa shape index (κ1) is 19.9. The van der Waals surface area contributed by atoms with E-state index < -0.39 is 0 Å². The molecule has 1 amide bonds. The van der Waals surface area contributed by atoms with Gasteiger partial charge in [0.25, 0.3) is 5.91 Å². The highest BCUT2D eigenvalue weighted by molar-refractivity contribution is 6.30. The quantitative estimate of drug-likeness (QED) is 0.555. The molecule has 1 saturated carbocycles. The topological polar surface area (TPSA) is 41.1 Å². The number of rotatable bonds is 5. The van der Waals surface area contributed by atoms with Crippen LogP contribution in [0.1, 0.15) is 54.6 Å². The minimum atomic E-state index is -0.0295. The van der Waals surface area contributed by atoms with Gasteiger partial charge in [0.15, 0.2) is 0 Å². The zero-order chi connectivity index (χ0) is 20.2. The Labute approximate surface area is 177 Å². The van der Waals surface area contributed by atoms with E-state index in [0.29, 0.717) is 10.6 Å². The first-order chi connectivity index (χ1) is 14.1. The number of fused-ring (bicyclic) bond motifs is 1. The molecule has 3 nitrogen and oxygen atoms in total. The van der Waals surface area contributed by atoms with E-state index >= 15 is 0 Å². The predicted octanol–water partition coefficient (Wildman–Crippen LogP) is 5.89. The van der Waals surface area contributed by atoms with Gasteiger partial charge in [-0.2, -0.15) is 0 Å². The summed E-state index contributed by atoms with van der Waals surface area (Å²) in [6, 6.07) is 22.7. The van der Waals surface area contributed by atoms with Gasteiger partial charge < -0.3 is 10.6 Å². The van der Waals surface area contributed by atoms with Gasteiger partial charge in [0.05, 0.1) is 0 Å². The summed E-state index contributed by atoms with van der Waals surface area (Å²) in [7, 11) is 0. The van der Waals surface area contributed by atoms with Gasteiger partial charge in [-0.15, -0.1) is 0 Å². The van der Waals surface area contributed by atoms with Gasteiger partial charge >= 0.3 is 0 Å². The van der Waals surface area contributed by atoms with Crippen LogP contribution in [0.15, 0.2) is 66.7 Å². The number of carbonyl (C=O) groups excluding carboxylic acids is 1. The van der Waals surface area contributed by atoms with Crippen molar-refractivity contribution >= 4 is 28.3 Å². The summed E-state index contributed by atoms with van der Waals surface area (Å²) >= 11 is 5.95. The zero-order valence-corrected chi connectivity index (χ0v) is 17.5. The van der Waals surface area contributed by atoms with Gasteiger partial charge in [-0.1, -0.05) is 66.9 Å². The van der Waals surface area contributed by atoms with E-state index in [0.717, 1.165) is 19.3 Å². The van der Waals surface area contributed by atoms with E-state index in [2.05, 4.69) is 60.0 Å². The molecule has 0 heterocycles. The summed E-state index contributed by atoms with van der Waals surface area (Å²) in [5.41, 5.74) is 1.96. The van der Waals surface area contributed by atoms with Gasteiger partial charge in [-0.3, -0.25) is 4.79 Å². The molecule has 1 fully saturated rings. The maximum Gasteiger partial charge on any atom is 0.251 e. The Balaban J connectivity index is 1.48. The van der Waals surface area contributed by atoms with Gasteiger partial charge in [0.1, 0.15) is 0 Å². The molecule has 4 heteroatoms. The number of hydrogen-bond acceptors (Lipinski definition) is 2. The van der Waals surface area contributed by atoms with Gasteiger partial charge in [-0.05, 0) is 60.4 Å². The van der Waals surface area contributed by atoms with E-state index in [1.54, 1.807) is 24.3 Å². The third-order valence-corrected chi connectivity index (χ3v) is 6.19. The highest BCUT2D eigenvalue weighted by atomic mass is 35.5. The minimum Gasteiger partial charge on any atom is -0.348 e. The lowest BCUT2D eigenvalue weighted by Crippen LogP contribution is -2.52. The fourth-order valence-corrected chi connectivity index (χ4v) is 4.52.